The minimum atomic E-state index is -0.613. The van der Waals surface area contributed by atoms with Crippen molar-refractivity contribution in [2.45, 2.75) is 26.4 Å². The molecule has 0 unspecified atom stereocenters. The van der Waals surface area contributed by atoms with Crippen LogP contribution in [-0.4, -0.2) is 35.7 Å². The first-order valence-corrected chi connectivity index (χ1v) is 9.47. The summed E-state index contributed by atoms with van der Waals surface area (Å²) in [5.74, 6) is 0.666. The van der Waals surface area contributed by atoms with Gasteiger partial charge < -0.3 is 19.3 Å². The minimum Gasteiger partial charge on any atom is -0.497 e. The first-order valence-electron chi connectivity index (χ1n) is 9.47. The molecule has 3 rings (SSSR count). The van der Waals surface area contributed by atoms with E-state index in [-0.39, 0.29) is 24.9 Å². The molecule has 0 aliphatic rings. The molecule has 1 aromatic heterocycles. The Morgan fingerprint density at radius 1 is 1.07 bits per heavy atom. The van der Waals surface area contributed by atoms with Gasteiger partial charge in [-0.15, -0.1) is 0 Å². The van der Waals surface area contributed by atoms with Crippen LogP contribution < -0.4 is 10.1 Å². The van der Waals surface area contributed by atoms with E-state index in [4.69, 9.17) is 14.0 Å². The average molecular weight is 409 g/mol. The molecule has 0 atom stereocenters. The summed E-state index contributed by atoms with van der Waals surface area (Å²) < 4.78 is 15.2. The lowest BCUT2D eigenvalue weighted by molar-refractivity contribution is -0.144. The van der Waals surface area contributed by atoms with E-state index >= 15 is 0 Å². The van der Waals surface area contributed by atoms with Crippen LogP contribution in [0.2, 0.25) is 0 Å². The number of carbonyl (C=O) groups excluding carboxylic acids is 2. The molecule has 1 heterocycles. The van der Waals surface area contributed by atoms with E-state index < -0.39 is 5.97 Å². The van der Waals surface area contributed by atoms with E-state index in [2.05, 4.69) is 29.3 Å². The van der Waals surface area contributed by atoms with Gasteiger partial charge in [0.1, 0.15) is 12.3 Å². The quantitative estimate of drug-likeness (QED) is 0.569. The van der Waals surface area contributed by atoms with Crippen LogP contribution in [0.4, 0.5) is 0 Å². The van der Waals surface area contributed by atoms with Gasteiger partial charge in [0.15, 0.2) is 6.61 Å². The predicted molar refractivity (Wildman–Crippen MR) is 109 cm³/mol. The van der Waals surface area contributed by atoms with Gasteiger partial charge in [-0.2, -0.15) is 4.98 Å². The molecule has 1 N–H and O–H groups in total. The Hall–Kier alpha value is -3.68. The van der Waals surface area contributed by atoms with E-state index in [1.54, 1.807) is 31.4 Å². The Labute approximate surface area is 174 Å². The summed E-state index contributed by atoms with van der Waals surface area (Å²) >= 11 is 0. The highest BCUT2D eigenvalue weighted by atomic mass is 16.6. The summed E-state index contributed by atoms with van der Waals surface area (Å²) in [5, 5.41) is 6.41. The smallest absolute Gasteiger partial charge is 0.325 e. The molecule has 156 valence electrons. The van der Waals surface area contributed by atoms with Crippen molar-refractivity contribution in [1.29, 1.82) is 0 Å². The normalized spacial score (nSPS) is 10.7. The third kappa shape index (κ3) is 5.44. The Morgan fingerprint density at radius 2 is 1.77 bits per heavy atom. The largest absolute Gasteiger partial charge is 0.497 e. The second kappa shape index (κ2) is 9.69. The molecular weight excluding hydrogens is 386 g/mol. The summed E-state index contributed by atoms with van der Waals surface area (Å²) in [5.41, 5.74) is 2.44. The number of nitrogens with zero attached hydrogens (tertiary/aromatic N) is 2. The van der Waals surface area contributed by atoms with Crippen LogP contribution in [-0.2, 0) is 16.1 Å². The van der Waals surface area contributed by atoms with Crippen molar-refractivity contribution in [3.05, 3.63) is 65.5 Å². The number of rotatable bonds is 8. The fourth-order valence-corrected chi connectivity index (χ4v) is 2.64. The molecule has 2 aromatic carbocycles. The van der Waals surface area contributed by atoms with E-state index in [0.29, 0.717) is 23.1 Å². The van der Waals surface area contributed by atoms with E-state index in [0.717, 1.165) is 5.56 Å². The number of nitrogens with one attached hydrogen (secondary N) is 1. The fraction of sp³-hybridized carbons (Fsp3) is 0.273. The maximum Gasteiger partial charge on any atom is 0.325 e. The first-order chi connectivity index (χ1) is 14.5. The zero-order chi connectivity index (χ0) is 21.5. The maximum atomic E-state index is 12.0. The summed E-state index contributed by atoms with van der Waals surface area (Å²) in [6.07, 6.45) is 0. The molecule has 0 aliphatic heterocycles. The van der Waals surface area contributed by atoms with Gasteiger partial charge >= 0.3 is 5.97 Å². The van der Waals surface area contributed by atoms with Gasteiger partial charge in [0.2, 0.25) is 5.82 Å². The summed E-state index contributed by atoms with van der Waals surface area (Å²) in [7, 11) is 1.54. The molecule has 30 heavy (non-hydrogen) atoms. The SMILES string of the molecule is COc1ccc(C(=O)NCC(=O)OCc2nc(-c3ccc(C(C)C)cc3)no2)cc1. The number of carbonyl (C=O) groups is 2. The highest BCUT2D eigenvalue weighted by Gasteiger charge is 2.13. The lowest BCUT2D eigenvalue weighted by Gasteiger charge is -2.06. The van der Waals surface area contributed by atoms with Crippen LogP contribution in [0.25, 0.3) is 11.4 Å². The number of benzene rings is 2. The van der Waals surface area contributed by atoms with Gasteiger partial charge in [-0.1, -0.05) is 43.3 Å². The first kappa shape index (κ1) is 21.0. The molecule has 8 nitrogen and oxygen atoms in total. The van der Waals surface area contributed by atoms with Crippen molar-refractivity contribution in [2.75, 3.05) is 13.7 Å². The zero-order valence-corrected chi connectivity index (χ0v) is 17.0. The van der Waals surface area contributed by atoms with E-state index in [1.807, 2.05) is 24.3 Å². The van der Waals surface area contributed by atoms with Crippen molar-refractivity contribution in [2.24, 2.45) is 0 Å². The van der Waals surface area contributed by atoms with Crippen molar-refractivity contribution >= 4 is 11.9 Å². The van der Waals surface area contributed by atoms with E-state index in [1.165, 1.54) is 5.56 Å². The van der Waals surface area contributed by atoms with Gasteiger partial charge in [-0.05, 0) is 35.7 Å². The monoisotopic (exact) mass is 409 g/mol. The third-order valence-corrected chi connectivity index (χ3v) is 4.41. The van der Waals surface area contributed by atoms with Crippen molar-refractivity contribution in [3.63, 3.8) is 0 Å². The number of amides is 1. The standard InChI is InChI=1S/C22H23N3O5/c1-14(2)15-4-6-16(7-5-15)21-24-19(30-25-21)13-29-20(26)12-23-22(27)17-8-10-18(28-3)11-9-17/h4-11,14H,12-13H2,1-3H3,(H,23,27). The number of hydrogen-bond acceptors (Lipinski definition) is 7. The molecule has 0 saturated carbocycles. The summed E-state index contributed by atoms with van der Waals surface area (Å²) in [6.45, 7) is 3.79. The number of esters is 1. The molecule has 0 spiro atoms. The predicted octanol–water partition coefficient (Wildman–Crippen LogP) is 3.34. The van der Waals surface area contributed by atoms with Crippen LogP contribution >= 0.6 is 0 Å². The number of methoxy groups -OCH3 is 1. The molecule has 0 fully saturated rings. The van der Waals surface area contributed by atoms with Gasteiger partial charge in [0.05, 0.1) is 7.11 Å². The van der Waals surface area contributed by atoms with Crippen molar-refractivity contribution in [1.82, 2.24) is 15.5 Å². The van der Waals surface area contributed by atoms with Crippen LogP contribution in [0.15, 0.2) is 53.1 Å². The van der Waals surface area contributed by atoms with Gasteiger partial charge in [-0.25, -0.2) is 0 Å². The molecule has 1 amide bonds. The van der Waals surface area contributed by atoms with Gasteiger partial charge in [0.25, 0.3) is 11.8 Å². The average Bonchev–Trinajstić information content (AvgIpc) is 3.25. The van der Waals surface area contributed by atoms with Crippen molar-refractivity contribution in [3.8, 4) is 17.1 Å². The Kier molecular flexibility index (Phi) is 6.79. The van der Waals surface area contributed by atoms with Crippen LogP contribution in [0, 0.1) is 0 Å². The zero-order valence-electron chi connectivity index (χ0n) is 17.0. The topological polar surface area (TPSA) is 104 Å². The molecule has 0 saturated heterocycles. The van der Waals surface area contributed by atoms with Crippen LogP contribution in [0.3, 0.4) is 0 Å². The Morgan fingerprint density at radius 3 is 2.40 bits per heavy atom. The molecule has 8 heteroatoms. The van der Waals surface area contributed by atoms with Crippen LogP contribution in [0.5, 0.6) is 5.75 Å². The Balaban J connectivity index is 1.47. The number of aromatic nitrogens is 2. The molecular formula is C22H23N3O5. The number of ether oxygens (including phenoxy) is 2. The maximum absolute atomic E-state index is 12.0. The second-order valence-electron chi connectivity index (χ2n) is 6.86. The highest BCUT2D eigenvalue weighted by molar-refractivity contribution is 5.96. The van der Waals surface area contributed by atoms with Gasteiger partial charge in [0, 0.05) is 11.1 Å². The molecule has 3 aromatic rings. The highest BCUT2D eigenvalue weighted by Crippen LogP contribution is 2.20. The third-order valence-electron chi connectivity index (χ3n) is 4.41. The van der Waals surface area contributed by atoms with Crippen LogP contribution in [0.1, 0.15) is 41.6 Å². The Bertz CT molecular complexity index is 994. The fourth-order valence-electron chi connectivity index (χ4n) is 2.64. The lowest BCUT2D eigenvalue weighted by atomic mass is 10.0. The lowest BCUT2D eigenvalue weighted by Crippen LogP contribution is -2.30. The second-order valence-corrected chi connectivity index (χ2v) is 6.86. The molecule has 0 aliphatic carbocycles. The van der Waals surface area contributed by atoms with Crippen molar-refractivity contribution < 1.29 is 23.6 Å². The molecule has 0 bridgehead atoms. The van der Waals surface area contributed by atoms with Gasteiger partial charge in [-0.3, -0.25) is 9.59 Å². The summed E-state index contributed by atoms with van der Waals surface area (Å²) in [4.78, 5) is 28.2. The number of hydrogen-bond donors (Lipinski definition) is 1. The summed E-state index contributed by atoms with van der Waals surface area (Å²) in [6, 6.07) is 14.4. The van der Waals surface area contributed by atoms with E-state index in [9.17, 15) is 9.59 Å². The molecule has 0 radical (unpaired) electrons. The minimum absolute atomic E-state index is 0.172.